The van der Waals surface area contributed by atoms with Crippen LogP contribution in [0.15, 0.2) is 47.2 Å². The van der Waals surface area contributed by atoms with Crippen LogP contribution in [0.1, 0.15) is 57.3 Å². The highest BCUT2D eigenvalue weighted by Gasteiger charge is 2.30. The first-order valence-electron chi connectivity index (χ1n) is 13.0. The molecule has 2 aromatic heterocycles. The summed E-state index contributed by atoms with van der Waals surface area (Å²) in [4.78, 5) is 52.3. The number of furan rings is 1. The number of amides is 3. The molecule has 1 aliphatic heterocycles. The molecule has 1 aliphatic rings. The van der Waals surface area contributed by atoms with Crippen molar-refractivity contribution >= 4 is 58.0 Å². The molecule has 0 spiro atoms. The van der Waals surface area contributed by atoms with Gasteiger partial charge < -0.3 is 25.1 Å². The minimum Gasteiger partial charge on any atom is -0.480 e. The number of carbonyl (C=O) groups excluding carboxylic acids is 3. The fraction of sp³-hybridized carbons (Fsp3) is 0.286. The normalized spacial score (nSPS) is 13.6. The summed E-state index contributed by atoms with van der Waals surface area (Å²) in [7, 11) is 0. The van der Waals surface area contributed by atoms with Gasteiger partial charge in [0.2, 0.25) is 0 Å². The van der Waals surface area contributed by atoms with Crippen LogP contribution in [0.3, 0.4) is 0 Å². The van der Waals surface area contributed by atoms with E-state index in [-0.39, 0.29) is 34.0 Å². The molecule has 3 N–H and O–H groups in total. The van der Waals surface area contributed by atoms with E-state index in [1.165, 1.54) is 6.20 Å². The molecule has 0 saturated heterocycles. The van der Waals surface area contributed by atoms with E-state index < -0.39 is 30.5 Å². The predicted octanol–water partition coefficient (Wildman–Crippen LogP) is 4.09. The summed E-state index contributed by atoms with van der Waals surface area (Å²) in [5, 5.41) is 23.1. The lowest BCUT2D eigenvalue weighted by Crippen LogP contribution is -2.49. The number of carbonyl (C=O) groups is 4. The molecule has 1 unspecified atom stereocenters. The molecule has 2 aromatic carbocycles. The van der Waals surface area contributed by atoms with Crippen LogP contribution in [0, 0.1) is 0 Å². The fourth-order valence-electron chi connectivity index (χ4n) is 4.64. The van der Waals surface area contributed by atoms with Crippen molar-refractivity contribution in [1.82, 2.24) is 30.5 Å². The summed E-state index contributed by atoms with van der Waals surface area (Å²) in [6, 6.07) is 6.42. The van der Waals surface area contributed by atoms with Crippen molar-refractivity contribution in [3.05, 3.63) is 80.8 Å². The van der Waals surface area contributed by atoms with E-state index >= 15 is 0 Å². The number of aromatic nitrogens is 3. The molecule has 0 radical (unpaired) electrons. The zero-order valence-corrected chi connectivity index (χ0v) is 24.1. The molecule has 0 fully saturated rings. The molecule has 3 heterocycles. The number of nitrogens with one attached hydrogen (secondary N) is 2. The maximum atomic E-state index is 13.2. The van der Waals surface area contributed by atoms with Gasteiger partial charge in [-0.3, -0.25) is 9.59 Å². The lowest BCUT2D eigenvalue weighted by atomic mass is 9.96. The Balaban J connectivity index is 1.28. The zero-order chi connectivity index (χ0) is 30.1. The first kappa shape index (κ1) is 29.1. The maximum Gasteiger partial charge on any atom is 0.343 e. The van der Waals surface area contributed by atoms with Crippen LogP contribution in [-0.2, 0) is 17.8 Å². The van der Waals surface area contributed by atoms with Gasteiger partial charge in [-0.1, -0.05) is 48.3 Å². The van der Waals surface area contributed by atoms with E-state index in [0.717, 1.165) is 10.1 Å². The molecular weight excluding hydrogens is 587 g/mol. The van der Waals surface area contributed by atoms with Crippen molar-refractivity contribution < 1.29 is 28.7 Å². The molecule has 42 heavy (non-hydrogen) atoms. The maximum absolute atomic E-state index is 13.2. The first-order chi connectivity index (χ1) is 20.0. The molecule has 12 nitrogen and oxygen atoms in total. The van der Waals surface area contributed by atoms with Crippen LogP contribution in [0.2, 0.25) is 10.0 Å². The third kappa shape index (κ3) is 5.81. The number of aliphatic carboxylic acids is 1. The number of carboxylic acids is 1. The molecule has 0 aliphatic carbocycles. The van der Waals surface area contributed by atoms with Crippen molar-refractivity contribution in [2.24, 2.45) is 0 Å². The van der Waals surface area contributed by atoms with Gasteiger partial charge in [-0.15, -0.1) is 5.10 Å². The second-order valence-electron chi connectivity index (χ2n) is 10.1. The largest absolute Gasteiger partial charge is 0.480 e. The smallest absolute Gasteiger partial charge is 0.343 e. The van der Waals surface area contributed by atoms with Gasteiger partial charge in [-0.25, -0.2) is 9.59 Å². The number of nitrogens with zero attached hydrogens (tertiary/aromatic N) is 4. The second-order valence-corrected chi connectivity index (χ2v) is 10.9. The van der Waals surface area contributed by atoms with Crippen LogP contribution in [0.5, 0.6) is 0 Å². The Morgan fingerprint density at radius 2 is 1.93 bits per heavy atom. The Morgan fingerprint density at radius 1 is 1.14 bits per heavy atom. The van der Waals surface area contributed by atoms with Gasteiger partial charge in [-0.05, 0) is 47.7 Å². The highest BCUT2D eigenvalue weighted by Crippen LogP contribution is 2.35. The van der Waals surface area contributed by atoms with Gasteiger partial charge in [0.1, 0.15) is 11.6 Å². The summed E-state index contributed by atoms with van der Waals surface area (Å²) < 4.78 is 6.37. The average molecular weight is 613 g/mol. The standard InChI is InChI=1S/C28H26Cl2N6O6/c1-14(2)21-13-36(34-33-21)28(41)31-11-20(27(39)40)32-25(37)23-19(29)9-17-12-35(7-5-18(17)24(23)30)26(38)16-4-3-15-6-8-42-22(15)10-16/h3-4,6,8-10,13-14,20H,5,7,11-12H2,1-2H3,(H,31,41)(H,32,37)(H,39,40). The molecular formula is C28H26Cl2N6O6. The van der Waals surface area contributed by atoms with Gasteiger partial charge >= 0.3 is 12.0 Å². The van der Waals surface area contributed by atoms with Crippen LogP contribution in [-0.4, -0.2) is 67.9 Å². The molecule has 0 bridgehead atoms. The number of halogens is 2. The van der Waals surface area contributed by atoms with Gasteiger partial charge in [0.25, 0.3) is 11.8 Å². The minimum atomic E-state index is -1.49. The summed E-state index contributed by atoms with van der Waals surface area (Å²) in [6.07, 6.45) is 3.35. The molecule has 5 rings (SSSR count). The second kappa shape index (κ2) is 11.8. The Morgan fingerprint density at radius 3 is 2.64 bits per heavy atom. The summed E-state index contributed by atoms with van der Waals surface area (Å²) in [5.74, 6) is -2.34. The van der Waals surface area contributed by atoms with Crippen molar-refractivity contribution in [2.45, 2.75) is 38.8 Å². The summed E-state index contributed by atoms with van der Waals surface area (Å²) in [6.45, 7) is 3.90. The minimum absolute atomic E-state index is 0.000409. The molecule has 14 heteroatoms. The van der Waals surface area contributed by atoms with E-state index in [2.05, 4.69) is 20.9 Å². The number of carboxylic acid groups (broad SMARTS) is 1. The van der Waals surface area contributed by atoms with Crippen molar-refractivity contribution in [3.63, 3.8) is 0 Å². The van der Waals surface area contributed by atoms with Gasteiger partial charge in [0.05, 0.1) is 40.3 Å². The Hall–Kier alpha value is -4.42. The van der Waals surface area contributed by atoms with E-state index in [4.69, 9.17) is 27.6 Å². The molecule has 1 atom stereocenters. The Kier molecular flexibility index (Phi) is 8.19. The lowest BCUT2D eigenvalue weighted by molar-refractivity contribution is -0.139. The highest BCUT2D eigenvalue weighted by atomic mass is 35.5. The Bertz CT molecular complexity index is 1710. The molecule has 3 amide bonds. The van der Waals surface area contributed by atoms with Gasteiger partial charge in [-0.2, -0.15) is 4.68 Å². The summed E-state index contributed by atoms with van der Waals surface area (Å²) in [5.41, 5.74) is 2.91. The van der Waals surface area contributed by atoms with E-state index in [1.54, 1.807) is 29.4 Å². The van der Waals surface area contributed by atoms with Crippen LogP contribution in [0.25, 0.3) is 11.0 Å². The predicted molar refractivity (Wildman–Crippen MR) is 153 cm³/mol. The average Bonchev–Trinajstić information content (AvgIpc) is 3.64. The van der Waals surface area contributed by atoms with Crippen molar-refractivity contribution in [3.8, 4) is 0 Å². The third-order valence-corrected chi connectivity index (χ3v) is 7.71. The van der Waals surface area contributed by atoms with E-state index in [0.29, 0.717) is 40.9 Å². The molecule has 218 valence electrons. The monoisotopic (exact) mass is 612 g/mol. The number of fused-ring (bicyclic) bond motifs is 2. The van der Waals surface area contributed by atoms with Crippen LogP contribution < -0.4 is 10.6 Å². The van der Waals surface area contributed by atoms with Crippen LogP contribution >= 0.6 is 23.2 Å². The quantitative estimate of drug-likeness (QED) is 0.281. The lowest BCUT2D eigenvalue weighted by Gasteiger charge is -2.30. The number of rotatable bonds is 7. The SMILES string of the molecule is CC(C)c1cn(C(=O)NCC(NC(=O)c2c(Cl)cc3c(c2Cl)CCN(C(=O)c2ccc4ccoc4c2)C3)C(=O)O)nn1. The first-order valence-corrected chi connectivity index (χ1v) is 13.8. The third-order valence-electron chi connectivity index (χ3n) is 6.99. The number of benzene rings is 2. The van der Waals surface area contributed by atoms with E-state index in [1.807, 2.05) is 26.0 Å². The topological polar surface area (TPSA) is 160 Å². The zero-order valence-electron chi connectivity index (χ0n) is 22.6. The fourth-order valence-corrected chi connectivity index (χ4v) is 5.41. The molecule has 4 aromatic rings. The number of hydrogen-bond donors (Lipinski definition) is 3. The van der Waals surface area contributed by atoms with Crippen molar-refractivity contribution in [2.75, 3.05) is 13.1 Å². The Labute approximate surface area is 249 Å². The van der Waals surface area contributed by atoms with Gasteiger partial charge in [0.15, 0.2) is 0 Å². The van der Waals surface area contributed by atoms with E-state index in [9.17, 15) is 24.3 Å². The van der Waals surface area contributed by atoms with Crippen LogP contribution in [0.4, 0.5) is 4.79 Å². The summed E-state index contributed by atoms with van der Waals surface area (Å²) >= 11 is 13.1. The number of hydrogen-bond acceptors (Lipinski definition) is 7. The molecule has 0 saturated carbocycles. The van der Waals surface area contributed by atoms with Gasteiger partial charge in [0, 0.05) is 24.0 Å². The van der Waals surface area contributed by atoms with Crippen molar-refractivity contribution in [1.29, 1.82) is 0 Å². The highest BCUT2D eigenvalue weighted by molar-refractivity contribution is 6.40.